The molecular formula is C18H17BrO3. The van der Waals surface area contributed by atoms with E-state index in [1.807, 2.05) is 48.5 Å². The molecule has 2 aromatic rings. The van der Waals surface area contributed by atoms with Crippen LogP contribution >= 0.6 is 15.9 Å². The van der Waals surface area contributed by atoms with Crippen LogP contribution in [0, 0.1) is 0 Å². The van der Waals surface area contributed by atoms with Crippen molar-refractivity contribution in [2.45, 2.75) is 6.92 Å². The minimum atomic E-state index is -0.353. The van der Waals surface area contributed by atoms with Crippen LogP contribution in [0.25, 0.3) is 5.57 Å². The second-order valence-corrected chi connectivity index (χ2v) is 5.46. The molecule has 0 spiro atoms. The topological polar surface area (TPSA) is 35.5 Å². The number of esters is 1. The van der Waals surface area contributed by atoms with Gasteiger partial charge in [-0.2, -0.15) is 0 Å². The Labute approximate surface area is 138 Å². The Hall–Kier alpha value is -2.07. The van der Waals surface area contributed by atoms with Crippen LogP contribution in [0.3, 0.4) is 0 Å². The van der Waals surface area contributed by atoms with E-state index in [1.165, 1.54) is 6.08 Å². The van der Waals surface area contributed by atoms with Gasteiger partial charge in [0.1, 0.15) is 5.75 Å². The maximum atomic E-state index is 11.9. The fraction of sp³-hybridized carbons (Fsp3) is 0.167. The molecule has 0 bridgehead atoms. The first-order valence-electron chi connectivity index (χ1n) is 6.93. The highest BCUT2D eigenvalue weighted by Crippen LogP contribution is 2.27. The van der Waals surface area contributed by atoms with Gasteiger partial charge in [0.05, 0.1) is 13.7 Å². The lowest BCUT2D eigenvalue weighted by Gasteiger charge is -2.10. The van der Waals surface area contributed by atoms with Crippen molar-refractivity contribution in [2.75, 3.05) is 13.7 Å². The van der Waals surface area contributed by atoms with Gasteiger partial charge in [-0.05, 0) is 47.9 Å². The predicted molar refractivity (Wildman–Crippen MR) is 90.8 cm³/mol. The normalized spacial score (nSPS) is 11.1. The van der Waals surface area contributed by atoms with Gasteiger partial charge in [-0.25, -0.2) is 4.79 Å². The summed E-state index contributed by atoms with van der Waals surface area (Å²) in [5.41, 5.74) is 2.67. The van der Waals surface area contributed by atoms with E-state index in [1.54, 1.807) is 14.0 Å². The van der Waals surface area contributed by atoms with Crippen molar-refractivity contribution < 1.29 is 14.3 Å². The largest absolute Gasteiger partial charge is 0.497 e. The van der Waals surface area contributed by atoms with Crippen LogP contribution in [0.2, 0.25) is 0 Å². The van der Waals surface area contributed by atoms with E-state index >= 15 is 0 Å². The number of carbonyl (C=O) groups is 1. The molecule has 0 aromatic heterocycles. The molecule has 0 unspecified atom stereocenters. The van der Waals surface area contributed by atoms with Crippen molar-refractivity contribution in [1.82, 2.24) is 0 Å². The number of halogens is 1. The summed E-state index contributed by atoms with van der Waals surface area (Å²) in [5, 5.41) is 0. The standard InChI is InChI=1S/C18H17BrO3/c1-3-22-18(20)12-17(14-5-4-6-15(19)11-14)13-7-9-16(21-2)10-8-13/h4-12H,3H2,1-2H3. The molecule has 22 heavy (non-hydrogen) atoms. The lowest BCUT2D eigenvalue weighted by atomic mass is 9.97. The second-order valence-electron chi connectivity index (χ2n) is 4.55. The lowest BCUT2D eigenvalue weighted by molar-refractivity contribution is -0.137. The Morgan fingerprint density at radius 1 is 1.14 bits per heavy atom. The fourth-order valence-electron chi connectivity index (χ4n) is 2.06. The summed E-state index contributed by atoms with van der Waals surface area (Å²) in [6.07, 6.45) is 1.52. The first kappa shape index (κ1) is 16.3. The zero-order chi connectivity index (χ0) is 15.9. The molecule has 0 aliphatic heterocycles. The fourth-order valence-corrected chi connectivity index (χ4v) is 2.46. The summed E-state index contributed by atoms with van der Waals surface area (Å²) in [6.45, 7) is 2.14. The van der Waals surface area contributed by atoms with Crippen LogP contribution in [0.5, 0.6) is 5.75 Å². The van der Waals surface area contributed by atoms with E-state index in [2.05, 4.69) is 15.9 Å². The Balaban J connectivity index is 2.47. The van der Waals surface area contributed by atoms with Gasteiger partial charge in [0.15, 0.2) is 0 Å². The molecule has 2 aromatic carbocycles. The molecule has 0 atom stereocenters. The van der Waals surface area contributed by atoms with E-state index in [-0.39, 0.29) is 5.97 Å². The van der Waals surface area contributed by atoms with Crippen LogP contribution in [0.4, 0.5) is 0 Å². The van der Waals surface area contributed by atoms with E-state index in [0.717, 1.165) is 26.9 Å². The van der Waals surface area contributed by atoms with Crippen LogP contribution in [0.15, 0.2) is 59.1 Å². The molecule has 0 saturated heterocycles. The molecule has 0 aliphatic rings. The highest BCUT2D eigenvalue weighted by molar-refractivity contribution is 9.10. The zero-order valence-electron chi connectivity index (χ0n) is 12.5. The minimum absolute atomic E-state index is 0.351. The Bertz CT molecular complexity index is 675. The number of ether oxygens (including phenoxy) is 2. The van der Waals surface area contributed by atoms with Gasteiger partial charge in [-0.3, -0.25) is 0 Å². The van der Waals surface area contributed by atoms with Crippen molar-refractivity contribution in [3.8, 4) is 5.75 Å². The molecule has 0 amide bonds. The van der Waals surface area contributed by atoms with E-state index in [4.69, 9.17) is 9.47 Å². The molecule has 3 nitrogen and oxygen atoms in total. The molecule has 0 fully saturated rings. The third-order valence-electron chi connectivity index (χ3n) is 3.09. The van der Waals surface area contributed by atoms with Crippen LogP contribution in [-0.4, -0.2) is 19.7 Å². The number of carbonyl (C=O) groups excluding carboxylic acids is 1. The molecule has 0 heterocycles. The maximum Gasteiger partial charge on any atom is 0.331 e. The van der Waals surface area contributed by atoms with Crippen molar-refractivity contribution in [2.24, 2.45) is 0 Å². The van der Waals surface area contributed by atoms with E-state index < -0.39 is 0 Å². The summed E-state index contributed by atoms with van der Waals surface area (Å²) < 4.78 is 11.2. The Morgan fingerprint density at radius 3 is 2.45 bits per heavy atom. The number of hydrogen-bond donors (Lipinski definition) is 0. The highest BCUT2D eigenvalue weighted by Gasteiger charge is 2.09. The van der Waals surface area contributed by atoms with Gasteiger partial charge < -0.3 is 9.47 Å². The number of benzene rings is 2. The minimum Gasteiger partial charge on any atom is -0.497 e. The number of methoxy groups -OCH3 is 1. The number of hydrogen-bond acceptors (Lipinski definition) is 3. The first-order valence-corrected chi connectivity index (χ1v) is 7.72. The molecule has 0 radical (unpaired) electrons. The summed E-state index contributed by atoms with van der Waals surface area (Å²) in [5.74, 6) is 0.418. The monoisotopic (exact) mass is 360 g/mol. The molecule has 4 heteroatoms. The predicted octanol–water partition coefficient (Wildman–Crippen LogP) is 4.45. The van der Waals surface area contributed by atoms with E-state index in [9.17, 15) is 4.79 Å². The maximum absolute atomic E-state index is 11.9. The average molecular weight is 361 g/mol. The highest BCUT2D eigenvalue weighted by atomic mass is 79.9. The van der Waals surface area contributed by atoms with Gasteiger partial charge >= 0.3 is 5.97 Å². The average Bonchev–Trinajstić information content (AvgIpc) is 2.53. The van der Waals surface area contributed by atoms with E-state index in [0.29, 0.717) is 6.61 Å². The molecule has 0 aliphatic carbocycles. The van der Waals surface area contributed by atoms with Crippen molar-refractivity contribution in [3.05, 3.63) is 70.2 Å². The SMILES string of the molecule is CCOC(=O)C=C(c1ccc(OC)cc1)c1cccc(Br)c1. The van der Waals surface area contributed by atoms with Crippen molar-refractivity contribution in [1.29, 1.82) is 0 Å². The number of rotatable bonds is 5. The molecule has 114 valence electrons. The first-order chi connectivity index (χ1) is 10.6. The molecule has 2 rings (SSSR count). The summed E-state index contributed by atoms with van der Waals surface area (Å²) in [7, 11) is 1.62. The smallest absolute Gasteiger partial charge is 0.331 e. The lowest BCUT2D eigenvalue weighted by Crippen LogP contribution is -2.02. The third-order valence-corrected chi connectivity index (χ3v) is 3.58. The van der Waals surface area contributed by atoms with Gasteiger partial charge in [-0.1, -0.05) is 40.2 Å². The van der Waals surface area contributed by atoms with Crippen LogP contribution in [0.1, 0.15) is 18.1 Å². The third kappa shape index (κ3) is 4.21. The van der Waals surface area contributed by atoms with Gasteiger partial charge in [0, 0.05) is 10.5 Å². The molecular weight excluding hydrogens is 344 g/mol. The Morgan fingerprint density at radius 2 is 1.86 bits per heavy atom. The van der Waals surface area contributed by atoms with Crippen LogP contribution in [-0.2, 0) is 9.53 Å². The van der Waals surface area contributed by atoms with Crippen molar-refractivity contribution >= 4 is 27.5 Å². The van der Waals surface area contributed by atoms with Gasteiger partial charge in [0.2, 0.25) is 0 Å². The molecule has 0 N–H and O–H groups in total. The zero-order valence-corrected chi connectivity index (χ0v) is 14.1. The second kappa shape index (κ2) is 7.80. The van der Waals surface area contributed by atoms with Crippen molar-refractivity contribution in [3.63, 3.8) is 0 Å². The summed E-state index contributed by atoms with van der Waals surface area (Å²) >= 11 is 3.46. The van der Waals surface area contributed by atoms with Gasteiger partial charge in [-0.15, -0.1) is 0 Å². The quantitative estimate of drug-likeness (QED) is 0.583. The Kier molecular flexibility index (Phi) is 5.78. The summed E-state index contributed by atoms with van der Waals surface area (Å²) in [6, 6.07) is 15.4. The molecule has 0 saturated carbocycles. The van der Waals surface area contributed by atoms with Crippen LogP contribution < -0.4 is 4.74 Å². The summed E-state index contributed by atoms with van der Waals surface area (Å²) in [4.78, 5) is 11.9. The van der Waals surface area contributed by atoms with Gasteiger partial charge in [0.25, 0.3) is 0 Å².